The first-order valence-electron chi connectivity index (χ1n) is 18.3. The van der Waals surface area contributed by atoms with Gasteiger partial charge < -0.3 is 4.42 Å². The molecular formula is C49H31N5OS2. The summed E-state index contributed by atoms with van der Waals surface area (Å²) in [4.78, 5) is 20.8. The van der Waals surface area contributed by atoms with E-state index in [9.17, 15) is 5.41 Å². The summed E-state index contributed by atoms with van der Waals surface area (Å²) in [5.74, 6) is 2.38. The van der Waals surface area contributed by atoms with E-state index in [-0.39, 0.29) is 5.84 Å². The third kappa shape index (κ3) is 6.27. The number of furan rings is 1. The molecule has 8 heteroatoms. The fourth-order valence-corrected chi connectivity index (χ4v) is 9.39. The predicted octanol–water partition coefficient (Wildman–Crippen LogP) is 13.4. The van der Waals surface area contributed by atoms with Crippen LogP contribution in [-0.2, 0) is 0 Å². The lowest BCUT2D eigenvalue weighted by Gasteiger charge is -2.09. The van der Waals surface area contributed by atoms with Gasteiger partial charge in [0.25, 0.3) is 0 Å². The van der Waals surface area contributed by atoms with Crippen LogP contribution in [0.1, 0.15) is 21.8 Å². The normalized spacial score (nSPS) is 11.8. The molecule has 0 fully saturated rings. The van der Waals surface area contributed by atoms with Crippen LogP contribution in [0.25, 0.3) is 87.0 Å². The maximum atomic E-state index is 9.23. The van der Waals surface area contributed by atoms with E-state index in [1.807, 2.05) is 103 Å². The standard InChI is InChI=1S/C49H31N5OS2/c1-3-35-37-26-33(48-52-47(31-16-8-5-9-17-31)53-49(54-48)34-22-24-42-38(27-34)36-19-11-13-21-41(36)56-42)23-25-43(37)57-45(35)29(2)46(50)51-44(30-14-6-4-7-15-30)40-28-32-18-10-12-20-39(32)55-40/h3-28,50H,1-2H2. The van der Waals surface area contributed by atoms with E-state index in [2.05, 4.69) is 67.8 Å². The molecule has 0 bridgehead atoms. The highest BCUT2D eigenvalue weighted by molar-refractivity contribution is 7.25. The Morgan fingerprint density at radius 2 is 1.19 bits per heavy atom. The molecule has 1 N–H and O–H groups in total. The van der Waals surface area contributed by atoms with Crippen molar-refractivity contribution in [1.82, 2.24) is 15.0 Å². The van der Waals surface area contributed by atoms with Crippen LogP contribution in [0.15, 0.2) is 174 Å². The van der Waals surface area contributed by atoms with Crippen LogP contribution in [0.5, 0.6) is 0 Å². The van der Waals surface area contributed by atoms with Gasteiger partial charge >= 0.3 is 0 Å². The Morgan fingerprint density at radius 1 is 0.596 bits per heavy atom. The number of hydrogen-bond donors (Lipinski definition) is 1. The number of benzene rings is 6. The zero-order chi connectivity index (χ0) is 38.5. The zero-order valence-corrected chi connectivity index (χ0v) is 32.1. The fraction of sp³-hybridized carbons (Fsp3) is 0. The average Bonchev–Trinajstić information content (AvgIpc) is 3.98. The molecular weight excluding hydrogens is 739 g/mol. The zero-order valence-electron chi connectivity index (χ0n) is 30.4. The summed E-state index contributed by atoms with van der Waals surface area (Å²) in [6.45, 7) is 8.58. The predicted molar refractivity (Wildman–Crippen MR) is 240 cm³/mol. The number of nitrogens with zero attached hydrogens (tertiary/aromatic N) is 4. The molecule has 6 aromatic carbocycles. The highest BCUT2D eigenvalue weighted by Crippen LogP contribution is 2.40. The number of amidine groups is 1. The lowest BCUT2D eigenvalue weighted by atomic mass is 10.0. The number of nitrogens with one attached hydrogen (secondary N) is 1. The average molecular weight is 770 g/mol. The molecule has 57 heavy (non-hydrogen) atoms. The fourth-order valence-electron chi connectivity index (χ4n) is 7.14. The lowest BCUT2D eigenvalue weighted by Crippen LogP contribution is -2.07. The molecule has 0 aliphatic carbocycles. The van der Waals surface area contributed by atoms with Crippen molar-refractivity contribution in [2.75, 3.05) is 0 Å². The van der Waals surface area contributed by atoms with Gasteiger partial charge in [-0.3, -0.25) is 5.41 Å². The molecule has 6 nitrogen and oxygen atoms in total. The van der Waals surface area contributed by atoms with Gasteiger partial charge in [-0.05, 0) is 54.6 Å². The highest BCUT2D eigenvalue weighted by Gasteiger charge is 2.21. The minimum atomic E-state index is 0.0363. The molecule has 0 saturated heterocycles. The Labute approximate surface area is 336 Å². The molecule has 0 amide bonds. The SMILES string of the molecule is C=Cc1c(C(=C)C(=N)N=C(c2ccccc2)c2cc3ccccc3o2)sc2ccc(-c3nc(-c4ccccc4)nc(-c4ccc5sc6ccccc6c5c4)n3)cc12. The van der Waals surface area contributed by atoms with Crippen LogP contribution in [0.4, 0.5) is 0 Å². The first-order valence-corrected chi connectivity index (χ1v) is 20.0. The summed E-state index contributed by atoms with van der Waals surface area (Å²) in [6, 6.07) is 50.7. The summed E-state index contributed by atoms with van der Waals surface area (Å²) in [5, 5.41) is 13.6. The van der Waals surface area contributed by atoms with Crippen molar-refractivity contribution in [3.63, 3.8) is 0 Å². The Kier molecular flexibility index (Phi) is 8.55. The smallest absolute Gasteiger partial charge is 0.164 e. The van der Waals surface area contributed by atoms with Crippen molar-refractivity contribution in [3.8, 4) is 34.2 Å². The summed E-state index contributed by atoms with van der Waals surface area (Å²) < 4.78 is 9.73. The minimum absolute atomic E-state index is 0.0363. The topological polar surface area (TPSA) is 88.0 Å². The second-order valence-electron chi connectivity index (χ2n) is 13.5. The Balaban J connectivity index is 1.06. The number of fused-ring (bicyclic) bond motifs is 5. The van der Waals surface area contributed by atoms with Crippen LogP contribution < -0.4 is 0 Å². The van der Waals surface area contributed by atoms with Crippen molar-refractivity contribution in [1.29, 1.82) is 5.41 Å². The van der Waals surface area contributed by atoms with E-state index in [0.29, 0.717) is 34.5 Å². The highest BCUT2D eigenvalue weighted by atomic mass is 32.1. The van der Waals surface area contributed by atoms with Gasteiger partial charge in [0.2, 0.25) is 0 Å². The Bertz CT molecular complexity index is 3210. The number of para-hydroxylation sites is 1. The van der Waals surface area contributed by atoms with E-state index in [1.54, 1.807) is 22.7 Å². The van der Waals surface area contributed by atoms with E-state index in [4.69, 9.17) is 24.4 Å². The third-order valence-electron chi connectivity index (χ3n) is 9.98. The van der Waals surface area contributed by atoms with Gasteiger partial charge in [0, 0.05) is 73.9 Å². The van der Waals surface area contributed by atoms with Gasteiger partial charge in [0.1, 0.15) is 11.3 Å². The summed E-state index contributed by atoms with van der Waals surface area (Å²) in [5.41, 5.74) is 6.19. The Hall–Kier alpha value is -7.13. The lowest BCUT2D eigenvalue weighted by molar-refractivity contribution is 0.605. The maximum absolute atomic E-state index is 9.23. The second-order valence-corrected chi connectivity index (χ2v) is 15.7. The number of aliphatic imine (C=N–C) groups is 1. The van der Waals surface area contributed by atoms with Crippen molar-refractivity contribution in [2.24, 2.45) is 4.99 Å². The van der Waals surface area contributed by atoms with Gasteiger partial charge in [-0.15, -0.1) is 22.7 Å². The summed E-state index contributed by atoms with van der Waals surface area (Å²) in [7, 11) is 0. The molecule has 4 aromatic heterocycles. The van der Waals surface area contributed by atoms with Crippen LogP contribution in [-0.4, -0.2) is 26.5 Å². The largest absolute Gasteiger partial charge is 0.454 e. The molecule has 10 aromatic rings. The monoisotopic (exact) mass is 769 g/mol. The molecule has 270 valence electrons. The molecule has 0 saturated carbocycles. The van der Waals surface area contributed by atoms with Crippen molar-refractivity contribution < 1.29 is 4.42 Å². The van der Waals surface area contributed by atoms with Crippen molar-refractivity contribution >= 4 is 87.1 Å². The van der Waals surface area contributed by atoms with Gasteiger partial charge in [0.05, 0.1) is 0 Å². The first kappa shape index (κ1) is 34.4. The minimum Gasteiger partial charge on any atom is -0.454 e. The van der Waals surface area contributed by atoms with Gasteiger partial charge in [-0.25, -0.2) is 19.9 Å². The Morgan fingerprint density at radius 3 is 1.91 bits per heavy atom. The van der Waals surface area contributed by atoms with E-state index < -0.39 is 0 Å². The number of rotatable bonds is 8. The molecule has 0 aliphatic heterocycles. The number of aromatic nitrogens is 3. The van der Waals surface area contributed by atoms with Crippen LogP contribution in [0.2, 0.25) is 0 Å². The molecule has 0 atom stereocenters. The van der Waals surface area contributed by atoms with Gasteiger partial charge in [-0.2, -0.15) is 0 Å². The molecule has 0 spiro atoms. The van der Waals surface area contributed by atoms with Crippen LogP contribution in [0.3, 0.4) is 0 Å². The molecule has 0 radical (unpaired) electrons. The van der Waals surface area contributed by atoms with E-state index >= 15 is 0 Å². The second kappa shape index (κ2) is 14.2. The number of hydrogen-bond acceptors (Lipinski definition) is 7. The molecule has 4 heterocycles. The maximum Gasteiger partial charge on any atom is 0.164 e. The quantitative estimate of drug-likeness (QED) is 0.123. The molecule has 0 aliphatic rings. The van der Waals surface area contributed by atoms with Crippen LogP contribution >= 0.6 is 22.7 Å². The third-order valence-corrected chi connectivity index (χ3v) is 12.4. The summed E-state index contributed by atoms with van der Waals surface area (Å²) in [6.07, 6.45) is 1.83. The van der Waals surface area contributed by atoms with E-state index in [0.717, 1.165) is 53.7 Å². The van der Waals surface area contributed by atoms with Gasteiger partial charge in [0.15, 0.2) is 29.1 Å². The summed E-state index contributed by atoms with van der Waals surface area (Å²) >= 11 is 3.34. The van der Waals surface area contributed by atoms with Crippen LogP contribution in [0, 0.1) is 5.41 Å². The van der Waals surface area contributed by atoms with Crippen molar-refractivity contribution in [2.45, 2.75) is 0 Å². The molecule has 10 rings (SSSR count). The number of thiophene rings is 2. The molecule has 0 unspecified atom stereocenters. The van der Waals surface area contributed by atoms with Gasteiger partial charge in [-0.1, -0.05) is 116 Å². The first-order chi connectivity index (χ1) is 28.0. The van der Waals surface area contributed by atoms with Crippen molar-refractivity contribution in [3.05, 3.63) is 187 Å². The van der Waals surface area contributed by atoms with E-state index in [1.165, 1.54) is 20.2 Å².